The fourth-order valence-electron chi connectivity index (χ4n) is 2.73. The maximum Gasteiger partial charge on any atom is 0.242 e. The smallest absolute Gasteiger partial charge is 0.242 e. The molecule has 0 unspecified atom stereocenters. The summed E-state index contributed by atoms with van der Waals surface area (Å²) in [6.07, 6.45) is 2.06. The Labute approximate surface area is 127 Å². The summed E-state index contributed by atoms with van der Waals surface area (Å²) in [7, 11) is -1.49. The van der Waals surface area contributed by atoms with Crippen molar-refractivity contribution in [2.45, 2.75) is 43.7 Å². The Morgan fingerprint density at radius 1 is 1.19 bits per heavy atom. The van der Waals surface area contributed by atoms with Gasteiger partial charge >= 0.3 is 0 Å². The second-order valence-electron chi connectivity index (χ2n) is 5.79. The molecule has 5 nitrogen and oxygen atoms in total. The summed E-state index contributed by atoms with van der Waals surface area (Å²) >= 11 is 0. The number of piperidine rings is 1. The van der Waals surface area contributed by atoms with Gasteiger partial charge in [0.05, 0.1) is 5.69 Å². The molecule has 0 spiro atoms. The summed E-state index contributed by atoms with van der Waals surface area (Å²) in [5, 5.41) is 3.29. The van der Waals surface area contributed by atoms with E-state index in [9.17, 15) is 8.42 Å². The molecule has 0 amide bonds. The largest absolute Gasteiger partial charge is 0.370 e. The lowest BCUT2D eigenvalue weighted by Gasteiger charge is -2.34. The van der Waals surface area contributed by atoms with E-state index in [1.54, 1.807) is 12.1 Å². The lowest BCUT2D eigenvalue weighted by atomic mass is 10.0. The van der Waals surface area contributed by atoms with Gasteiger partial charge in [-0.05, 0) is 45.9 Å². The number of benzene rings is 1. The van der Waals surface area contributed by atoms with Gasteiger partial charge in [0.1, 0.15) is 4.90 Å². The van der Waals surface area contributed by atoms with E-state index < -0.39 is 10.0 Å². The average Bonchev–Trinajstić information content (AvgIpc) is 2.46. The molecular formula is C15H25N3O2S. The molecule has 21 heavy (non-hydrogen) atoms. The van der Waals surface area contributed by atoms with Crippen LogP contribution in [0, 0.1) is 0 Å². The summed E-state index contributed by atoms with van der Waals surface area (Å²) in [4.78, 5) is 2.55. The number of nitrogens with zero attached hydrogens (tertiary/aromatic N) is 1. The van der Waals surface area contributed by atoms with Crippen LogP contribution in [0.1, 0.15) is 26.7 Å². The van der Waals surface area contributed by atoms with Gasteiger partial charge in [-0.25, -0.2) is 13.1 Å². The fourth-order valence-corrected chi connectivity index (χ4v) is 4.21. The fraction of sp³-hybridized carbons (Fsp3) is 0.600. The molecule has 0 atom stereocenters. The molecular weight excluding hydrogens is 286 g/mol. The van der Waals surface area contributed by atoms with E-state index >= 15 is 0 Å². The third-order valence-corrected chi connectivity index (χ3v) is 5.50. The summed E-state index contributed by atoms with van der Waals surface area (Å²) in [5.74, 6) is 0. The summed E-state index contributed by atoms with van der Waals surface area (Å²) in [6, 6.07) is 7.67. The maximum atomic E-state index is 12.5. The minimum absolute atomic E-state index is 0.113. The van der Waals surface area contributed by atoms with E-state index in [-0.39, 0.29) is 6.04 Å². The van der Waals surface area contributed by atoms with Gasteiger partial charge in [0.25, 0.3) is 0 Å². The Bertz CT molecular complexity index is 564. The maximum absolute atomic E-state index is 12.5. The van der Waals surface area contributed by atoms with Crippen molar-refractivity contribution >= 4 is 15.7 Å². The molecule has 1 saturated heterocycles. The molecule has 1 aromatic carbocycles. The van der Waals surface area contributed by atoms with Gasteiger partial charge in [0.2, 0.25) is 10.0 Å². The highest BCUT2D eigenvalue weighted by atomic mass is 32.2. The van der Waals surface area contributed by atoms with E-state index in [1.807, 2.05) is 33.0 Å². The molecule has 2 N–H and O–H groups in total. The molecule has 0 aliphatic carbocycles. The second-order valence-corrected chi connectivity index (χ2v) is 7.48. The molecule has 1 aliphatic heterocycles. The van der Waals surface area contributed by atoms with E-state index in [0.717, 1.165) is 31.6 Å². The van der Waals surface area contributed by atoms with Gasteiger partial charge in [-0.15, -0.1) is 0 Å². The highest BCUT2D eigenvalue weighted by Gasteiger charge is 2.25. The third-order valence-electron chi connectivity index (χ3n) is 3.79. The Morgan fingerprint density at radius 3 is 2.38 bits per heavy atom. The van der Waals surface area contributed by atoms with Crippen LogP contribution in [0.5, 0.6) is 0 Å². The van der Waals surface area contributed by atoms with E-state index in [1.165, 1.54) is 0 Å². The molecule has 1 aliphatic rings. The van der Waals surface area contributed by atoms with Crippen molar-refractivity contribution in [1.82, 2.24) is 10.0 Å². The van der Waals surface area contributed by atoms with E-state index in [2.05, 4.69) is 14.9 Å². The SMILES string of the molecule is CNC1CCN(c2ccccc2S(=O)(=O)NC(C)C)CC1. The van der Waals surface area contributed by atoms with Crippen LogP contribution in [0.2, 0.25) is 0 Å². The van der Waals surface area contributed by atoms with Crippen molar-refractivity contribution in [3.05, 3.63) is 24.3 Å². The van der Waals surface area contributed by atoms with Gasteiger partial charge in [-0.3, -0.25) is 0 Å². The highest BCUT2D eigenvalue weighted by Crippen LogP contribution is 2.27. The van der Waals surface area contributed by atoms with Crippen LogP contribution < -0.4 is 14.9 Å². The van der Waals surface area contributed by atoms with Gasteiger partial charge in [0, 0.05) is 25.2 Å². The molecule has 2 rings (SSSR count). The Kier molecular flexibility index (Phi) is 5.24. The van der Waals surface area contributed by atoms with Gasteiger partial charge in [-0.2, -0.15) is 0 Å². The van der Waals surface area contributed by atoms with Crippen LogP contribution in [0.4, 0.5) is 5.69 Å². The van der Waals surface area contributed by atoms with Gasteiger partial charge in [-0.1, -0.05) is 12.1 Å². The monoisotopic (exact) mass is 311 g/mol. The van der Waals surface area contributed by atoms with Crippen LogP contribution in [0.15, 0.2) is 29.2 Å². The summed E-state index contributed by atoms with van der Waals surface area (Å²) < 4.78 is 27.6. The molecule has 1 heterocycles. The molecule has 6 heteroatoms. The first-order chi connectivity index (χ1) is 9.94. The van der Waals surface area contributed by atoms with Crippen molar-refractivity contribution < 1.29 is 8.42 Å². The Balaban J connectivity index is 2.26. The second kappa shape index (κ2) is 6.77. The zero-order valence-electron chi connectivity index (χ0n) is 13.0. The highest BCUT2D eigenvalue weighted by molar-refractivity contribution is 7.89. The lowest BCUT2D eigenvalue weighted by molar-refractivity contribution is 0.441. The Hall–Kier alpha value is -1.11. The first kappa shape index (κ1) is 16.3. The summed E-state index contributed by atoms with van der Waals surface area (Å²) in [5.41, 5.74) is 0.806. The van der Waals surface area contributed by atoms with E-state index in [4.69, 9.17) is 0 Å². The predicted octanol–water partition coefficient (Wildman–Crippen LogP) is 1.56. The minimum atomic E-state index is -3.47. The Morgan fingerprint density at radius 2 is 1.81 bits per heavy atom. The van der Waals surface area contributed by atoms with Gasteiger partial charge < -0.3 is 10.2 Å². The molecule has 1 fully saturated rings. The molecule has 0 bridgehead atoms. The van der Waals surface area contributed by atoms with E-state index in [0.29, 0.717) is 10.9 Å². The third kappa shape index (κ3) is 3.96. The normalized spacial score (nSPS) is 17.4. The molecule has 118 valence electrons. The quantitative estimate of drug-likeness (QED) is 0.866. The molecule has 1 aromatic rings. The first-order valence-electron chi connectivity index (χ1n) is 7.47. The van der Waals surface area contributed by atoms with Crippen molar-refractivity contribution in [1.29, 1.82) is 0 Å². The number of nitrogens with one attached hydrogen (secondary N) is 2. The molecule has 0 aromatic heterocycles. The molecule has 0 radical (unpaired) electrons. The topological polar surface area (TPSA) is 61.4 Å². The number of sulfonamides is 1. The van der Waals surface area contributed by atoms with Crippen LogP contribution in [0.3, 0.4) is 0 Å². The van der Waals surface area contributed by atoms with Crippen molar-refractivity contribution in [2.75, 3.05) is 25.0 Å². The van der Waals surface area contributed by atoms with Crippen LogP contribution >= 0.6 is 0 Å². The average molecular weight is 311 g/mol. The zero-order chi connectivity index (χ0) is 15.5. The number of rotatable bonds is 5. The number of hydrogen-bond donors (Lipinski definition) is 2. The number of hydrogen-bond acceptors (Lipinski definition) is 4. The van der Waals surface area contributed by atoms with Crippen LogP contribution in [-0.2, 0) is 10.0 Å². The van der Waals surface area contributed by atoms with Crippen LogP contribution in [0.25, 0.3) is 0 Å². The minimum Gasteiger partial charge on any atom is -0.370 e. The standard InChI is InChI=1S/C15H25N3O2S/c1-12(2)17-21(19,20)15-7-5-4-6-14(15)18-10-8-13(16-3)9-11-18/h4-7,12-13,16-17H,8-11H2,1-3H3. The van der Waals surface area contributed by atoms with Crippen molar-refractivity contribution in [3.63, 3.8) is 0 Å². The van der Waals surface area contributed by atoms with Crippen molar-refractivity contribution in [3.8, 4) is 0 Å². The van der Waals surface area contributed by atoms with Gasteiger partial charge in [0.15, 0.2) is 0 Å². The van der Waals surface area contributed by atoms with Crippen molar-refractivity contribution in [2.24, 2.45) is 0 Å². The predicted molar refractivity (Wildman–Crippen MR) is 86.2 cm³/mol. The first-order valence-corrected chi connectivity index (χ1v) is 8.96. The molecule has 0 saturated carbocycles. The number of anilines is 1. The van der Waals surface area contributed by atoms with Crippen LogP contribution in [-0.4, -0.2) is 40.6 Å². The number of para-hydroxylation sites is 1. The lowest BCUT2D eigenvalue weighted by Crippen LogP contribution is -2.42. The summed E-state index contributed by atoms with van der Waals surface area (Å²) in [6.45, 7) is 5.41. The zero-order valence-corrected chi connectivity index (χ0v) is 13.8.